The fourth-order valence-corrected chi connectivity index (χ4v) is 2.32. The van der Waals surface area contributed by atoms with E-state index in [-0.39, 0.29) is 30.1 Å². The van der Waals surface area contributed by atoms with Crippen LogP contribution in [-0.2, 0) is 9.59 Å². The van der Waals surface area contributed by atoms with E-state index in [0.29, 0.717) is 11.4 Å². The number of methoxy groups -OCH3 is 2. The van der Waals surface area contributed by atoms with Gasteiger partial charge in [-0.15, -0.1) is 0 Å². The van der Waals surface area contributed by atoms with Crippen molar-refractivity contribution in [2.24, 2.45) is 5.10 Å². The number of aromatic hydroxyl groups is 1. The van der Waals surface area contributed by atoms with Crippen LogP contribution in [0.4, 0.5) is 11.4 Å². The fraction of sp³-hybridized carbons (Fsp3) is 0.211. The molecule has 0 aromatic heterocycles. The SMILES string of the molecule is COc1ccc(NC(=O)CCC(=O)NN=Cc2cc(OC)cc([N+](=O)[O-])c2O)cc1. The molecule has 0 radical (unpaired) electrons. The van der Waals surface area contributed by atoms with E-state index in [2.05, 4.69) is 15.8 Å². The van der Waals surface area contributed by atoms with Gasteiger partial charge in [-0.1, -0.05) is 0 Å². The van der Waals surface area contributed by atoms with Crippen LogP contribution in [0.3, 0.4) is 0 Å². The number of nitro groups is 1. The van der Waals surface area contributed by atoms with Crippen LogP contribution < -0.4 is 20.2 Å². The number of amides is 2. The van der Waals surface area contributed by atoms with Gasteiger partial charge in [0.1, 0.15) is 11.5 Å². The van der Waals surface area contributed by atoms with Crippen molar-refractivity contribution in [3.05, 3.63) is 52.1 Å². The number of hydrogen-bond donors (Lipinski definition) is 3. The molecule has 2 rings (SSSR count). The fourth-order valence-electron chi connectivity index (χ4n) is 2.32. The van der Waals surface area contributed by atoms with Gasteiger partial charge < -0.3 is 19.9 Å². The van der Waals surface area contributed by atoms with E-state index >= 15 is 0 Å². The second-order valence-corrected chi connectivity index (χ2v) is 5.91. The molecule has 30 heavy (non-hydrogen) atoms. The average Bonchev–Trinajstić information content (AvgIpc) is 2.73. The summed E-state index contributed by atoms with van der Waals surface area (Å²) in [4.78, 5) is 34.0. The molecular formula is C19H20N4O7. The summed E-state index contributed by atoms with van der Waals surface area (Å²) in [5.74, 6) is -0.730. The molecule has 0 saturated carbocycles. The predicted octanol–water partition coefficient (Wildman–Crippen LogP) is 2.19. The predicted molar refractivity (Wildman–Crippen MR) is 108 cm³/mol. The van der Waals surface area contributed by atoms with Crippen molar-refractivity contribution in [1.82, 2.24) is 5.43 Å². The van der Waals surface area contributed by atoms with E-state index in [9.17, 15) is 24.8 Å². The molecule has 158 valence electrons. The van der Waals surface area contributed by atoms with Crippen molar-refractivity contribution >= 4 is 29.4 Å². The highest BCUT2D eigenvalue weighted by molar-refractivity contribution is 5.93. The minimum absolute atomic E-state index is 0.0152. The Morgan fingerprint density at radius 3 is 2.33 bits per heavy atom. The number of carbonyl (C=O) groups is 2. The van der Waals surface area contributed by atoms with E-state index in [4.69, 9.17) is 9.47 Å². The Morgan fingerprint density at radius 1 is 1.10 bits per heavy atom. The first-order valence-corrected chi connectivity index (χ1v) is 8.65. The number of nitrogens with zero attached hydrogens (tertiary/aromatic N) is 2. The van der Waals surface area contributed by atoms with Crippen molar-refractivity contribution < 1.29 is 29.1 Å². The summed E-state index contributed by atoms with van der Waals surface area (Å²) < 4.78 is 9.96. The Labute approximate surface area is 171 Å². The Bertz CT molecular complexity index is 958. The minimum atomic E-state index is -0.769. The monoisotopic (exact) mass is 416 g/mol. The lowest BCUT2D eigenvalue weighted by Crippen LogP contribution is -2.20. The third-order valence-electron chi connectivity index (χ3n) is 3.87. The maximum atomic E-state index is 11.9. The largest absolute Gasteiger partial charge is 0.502 e. The van der Waals surface area contributed by atoms with Crippen LogP contribution in [0.25, 0.3) is 0 Å². The molecule has 0 aliphatic carbocycles. The molecule has 2 aromatic rings. The van der Waals surface area contributed by atoms with Gasteiger partial charge >= 0.3 is 5.69 Å². The van der Waals surface area contributed by atoms with Crippen molar-refractivity contribution in [2.45, 2.75) is 12.8 Å². The molecular weight excluding hydrogens is 396 g/mol. The zero-order valence-corrected chi connectivity index (χ0v) is 16.2. The summed E-state index contributed by atoms with van der Waals surface area (Å²) in [5, 5.41) is 27.2. The highest BCUT2D eigenvalue weighted by Crippen LogP contribution is 2.33. The molecule has 0 heterocycles. The summed E-state index contributed by atoms with van der Waals surface area (Å²) in [6, 6.07) is 9.10. The summed E-state index contributed by atoms with van der Waals surface area (Å²) in [7, 11) is 2.85. The van der Waals surface area contributed by atoms with Gasteiger partial charge in [-0.2, -0.15) is 5.10 Å². The van der Waals surface area contributed by atoms with Crippen LogP contribution in [0.5, 0.6) is 17.2 Å². The van der Waals surface area contributed by atoms with Crippen molar-refractivity contribution in [3.63, 3.8) is 0 Å². The molecule has 2 amide bonds. The first-order chi connectivity index (χ1) is 14.3. The average molecular weight is 416 g/mol. The normalized spacial score (nSPS) is 10.5. The number of phenols is 1. The van der Waals surface area contributed by atoms with Gasteiger partial charge in [0, 0.05) is 24.1 Å². The zero-order chi connectivity index (χ0) is 22.1. The van der Waals surface area contributed by atoms with Gasteiger partial charge in [0.25, 0.3) is 0 Å². The van der Waals surface area contributed by atoms with E-state index < -0.39 is 22.3 Å². The highest BCUT2D eigenvalue weighted by atomic mass is 16.6. The molecule has 0 saturated heterocycles. The van der Waals surface area contributed by atoms with Gasteiger partial charge in [0.2, 0.25) is 17.6 Å². The van der Waals surface area contributed by atoms with Crippen LogP contribution in [0, 0.1) is 10.1 Å². The van der Waals surface area contributed by atoms with Crippen LogP contribution in [0.15, 0.2) is 41.5 Å². The van der Waals surface area contributed by atoms with Crippen LogP contribution in [0.2, 0.25) is 0 Å². The standard InChI is InChI=1S/C19H20N4O7/c1-29-14-5-3-13(4-6-14)21-17(24)7-8-18(25)22-20-11-12-9-15(30-2)10-16(19(12)26)23(27)28/h3-6,9-11,26H,7-8H2,1-2H3,(H,21,24)(H,22,25). The Morgan fingerprint density at radius 2 is 1.73 bits per heavy atom. The third-order valence-corrected chi connectivity index (χ3v) is 3.87. The zero-order valence-electron chi connectivity index (χ0n) is 16.2. The first-order valence-electron chi connectivity index (χ1n) is 8.65. The molecule has 11 nitrogen and oxygen atoms in total. The molecule has 0 aliphatic rings. The number of rotatable bonds is 9. The van der Waals surface area contributed by atoms with E-state index in [0.717, 1.165) is 12.3 Å². The number of anilines is 1. The summed E-state index contributed by atoms with van der Waals surface area (Å²) in [6.45, 7) is 0. The van der Waals surface area contributed by atoms with Gasteiger partial charge in [-0.25, -0.2) is 5.43 Å². The molecule has 3 N–H and O–H groups in total. The van der Waals surface area contributed by atoms with Gasteiger partial charge in [-0.3, -0.25) is 19.7 Å². The quantitative estimate of drug-likeness (QED) is 0.322. The molecule has 0 spiro atoms. The Kier molecular flexibility index (Phi) is 7.68. The van der Waals surface area contributed by atoms with E-state index in [1.54, 1.807) is 24.3 Å². The second-order valence-electron chi connectivity index (χ2n) is 5.91. The van der Waals surface area contributed by atoms with E-state index in [1.165, 1.54) is 20.3 Å². The highest BCUT2D eigenvalue weighted by Gasteiger charge is 2.18. The number of ether oxygens (including phenoxy) is 2. The number of carbonyl (C=O) groups excluding carboxylic acids is 2. The number of benzene rings is 2. The molecule has 0 bridgehead atoms. The lowest BCUT2D eigenvalue weighted by Gasteiger charge is -2.06. The lowest BCUT2D eigenvalue weighted by molar-refractivity contribution is -0.385. The van der Waals surface area contributed by atoms with Crippen molar-refractivity contribution in [3.8, 4) is 17.2 Å². The molecule has 2 aromatic carbocycles. The maximum Gasteiger partial charge on any atom is 0.315 e. The van der Waals surface area contributed by atoms with Gasteiger partial charge in [0.15, 0.2) is 0 Å². The maximum absolute atomic E-state index is 11.9. The molecule has 11 heteroatoms. The molecule has 0 atom stereocenters. The van der Waals surface area contributed by atoms with Crippen LogP contribution in [0.1, 0.15) is 18.4 Å². The van der Waals surface area contributed by atoms with Crippen molar-refractivity contribution in [1.29, 1.82) is 0 Å². The summed E-state index contributed by atoms with van der Waals surface area (Å²) >= 11 is 0. The van der Waals surface area contributed by atoms with Crippen LogP contribution in [-0.4, -0.2) is 42.3 Å². The minimum Gasteiger partial charge on any atom is -0.502 e. The topological polar surface area (TPSA) is 152 Å². The molecule has 0 aliphatic heterocycles. The summed E-state index contributed by atoms with van der Waals surface area (Å²) in [5.41, 5.74) is 2.18. The van der Waals surface area contributed by atoms with Gasteiger partial charge in [0.05, 0.1) is 31.4 Å². The number of hydrazone groups is 1. The smallest absolute Gasteiger partial charge is 0.315 e. The third kappa shape index (κ3) is 6.19. The number of phenolic OH excluding ortho intramolecular Hbond substituents is 1. The van der Waals surface area contributed by atoms with Gasteiger partial charge in [-0.05, 0) is 30.3 Å². The number of nitrogens with one attached hydrogen (secondary N) is 2. The van der Waals surface area contributed by atoms with Crippen molar-refractivity contribution in [2.75, 3.05) is 19.5 Å². The lowest BCUT2D eigenvalue weighted by atomic mass is 10.1. The summed E-state index contributed by atoms with van der Waals surface area (Å²) in [6.07, 6.45) is 0.826. The van der Waals surface area contributed by atoms with E-state index in [1.807, 2.05) is 0 Å². The second kappa shape index (κ2) is 10.4. The molecule has 0 unspecified atom stereocenters. The van der Waals surface area contributed by atoms with Crippen LogP contribution >= 0.6 is 0 Å². The first kappa shape index (κ1) is 22.1. The Balaban J connectivity index is 1.88. The Hall–Kier alpha value is -4.15. The number of nitro benzene ring substituents is 1. The molecule has 0 fully saturated rings. The number of hydrogen-bond acceptors (Lipinski definition) is 8.